The number of nitrogens with zero attached hydrogens (tertiary/aromatic N) is 2. The van der Waals surface area contributed by atoms with Gasteiger partial charge in [0.05, 0.1) is 11.4 Å². The number of carbonyl (C=O) groups is 3. The highest BCUT2D eigenvalue weighted by Crippen LogP contribution is 2.41. The van der Waals surface area contributed by atoms with Crippen molar-refractivity contribution in [3.63, 3.8) is 0 Å². The summed E-state index contributed by atoms with van der Waals surface area (Å²) in [7, 11) is 0. The number of β-lactam (4-membered cyclic amide) rings is 1. The minimum atomic E-state index is -1.12. The number of thiophene rings is 1. The Morgan fingerprint density at radius 3 is 2.86 bits per heavy atom. The van der Waals surface area contributed by atoms with Crippen LogP contribution in [-0.4, -0.2) is 55.7 Å². The average Bonchev–Trinajstić information content (AvgIpc) is 3.23. The first kappa shape index (κ1) is 20.0. The molecular weight excluding hydrogens is 430 g/mol. The standard InChI is InChI=1S/C19H17N3O4S3/c23-13(8-12-4-3-7-27-12)21-15-17(24)22-16(19(25)26)11(10-29-18(15)22)9-28-14-5-1-2-6-20-14/h1-7,15,18H,8-10H2,(H,21,23)(H,25,26)/t15?,18-/m1/s1. The molecule has 2 N–H and O–H groups in total. The number of fused-ring (bicyclic) bond motifs is 1. The predicted molar refractivity (Wildman–Crippen MR) is 113 cm³/mol. The van der Waals surface area contributed by atoms with Gasteiger partial charge in [0.25, 0.3) is 5.91 Å². The predicted octanol–water partition coefficient (Wildman–Crippen LogP) is 2.22. The van der Waals surface area contributed by atoms with Crippen molar-refractivity contribution in [1.82, 2.24) is 15.2 Å². The topological polar surface area (TPSA) is 99.6 Å². The second-order valence-electron chi connectivity index (χ2n) is 6.43. The Morgan fingerprint density at radius 2 is 2.17 bits per heavy atom. The number of hydrogen-bond donors (Lipinski definition) is 2. The largest absolute Gasteiger partial charge is 0.477 e. The summed E-state index contributed by atoms with van der Waals surface area (Å²) in [6.07, 6.45) is 1.90. The van der Waals surface area contributed by atoms with Gasteiger partial charge in [-0.1, -0.05) is 12.1 Å². The molecule has 1 unspecified atom stereocenters. The Bertz CT molecular complexity index is 962. The molecule has 1 saturated heterocycles. The van der Waals surface area contributed by atoms with Gasteiger partial charge in [0.15, 0.2) is 0 Å². The van der Waals surface area contributed by atoms with Crippen LogP contribution in [0.25, 0.3) is 0 Å². The third-order valence-corrected chi connectivity index (χ3v) is 7.76. The monoisotopic (exact) mass is 447 g/mol. The molecule has 0 aliphatic carbocycles. The lowest BCUT2D eigenvalue weighted by molar-refractivity contribution is -0.150. The van der Waals surface area contributed by atoms with Gasteiger partial charge in [-0.15, -0.1) is 34.9 Å². The first-order valence-corrected chi connectivity index (χ1v) is 11.7. The molecule has 2 amide bonds. The van der Waals surface area contributed by atoms with Crippen LogP contribution in [0.1, 0.15) is 4.88 Å². The van der Waals surface area contributed by atoms with E-state index >= 15 is 0 Å². The Hall–Kier alpha value is -2.30. The average molecular weight is 448 g/mol. The zero-order chi connectivity index (χ0) is 20.4. The zero-order valence-corrected chi connectivity index (χ0v) is 17.6. The number of carboxylic acids is 1. The van der Waals surface area contributed by atoms with Gasteiger partial charge in [-0.25, -0.2) is 9.78 Å². The Balaban J connectivity index is 1.44. The second kappa shape index (κ2) is 8.60. The van der Waals surface area contributed by atoms with E-state index < -0.39 is 12.0 Å². The quantitative estimate of drug-likeness (QED) is 0.496. The van der Waals surface area contributed by atoms with Gasteiger partial charge in [0.1, 0.15) is 17.1 Å². The third-order valence-electron chi connectivity index (χ3n) is 4.51. The van der Waals surface area contributed by atoms with Crippen molar-refractivity contribution in [2.24, 2.45) is 0 Å². The summed E-state index contributed by atoms with van der Waals surface area (Å²) in [6.45, 7) is 0. The minimum absolute atomic E-state index is 0.0333. The van der Waals surface area contributed by atoms with Gasteiger partial charge in [-0.05, 0) is 29.2 Å². The molecule has 0 bridgehead atoms. The van der Waals surface area contributed by atoms with E-state index in [-0.39, 0.29) is 29.3 Å². The first-order valence-electron chi connectivity index (χ1n) is 8.80. The van der Waals surface area contributed by atoms with Crippen molar-refractivity contribution in [2.45, 2.75) is 22.9 Å². The van der Waals surface area contributed by atoms with E-state index in [1.54, 1.807) is 6.20 Å². The molecule has 2 aliphatic heterocycles. The molecule has 29 heavy (non-hydrogen) atoms. The lowest BCUT2D eigenvalue weighted by Crippen LogP contribution is -2.70. The van der Waals surface area contributed by atoms with Crippen LogP contribution in [-0.2, 0) is 20.8 Å². The molecule has 2 atom stereocenters. The SMILES string of the molecule is O=C(Cc1cccs1)NC1C(=O)N2C(C(=O)O)=C(CSc3ccccn3)CS[C@H]12. The highest BCUT2D eigenvalue weighted by Gasteiger charge is 2.54. The lowest BCUT2D eigenvalue weighted by atomic mass is 10.0. The van der Waals surface area contributed by atoms with E-state index in [4.69, 9.17) is 0 Å². The molecule has 2 aromatic rings. The summed E-state index contributed by atoms with van der Waals surface area (Å²) in [5.74, 6) is -0.795. The fourth-order valence-electron chi connectivity index (χ4n) is 3.18. The van der Waals surface area contributed by atoms with Gasteiger partial charge in [-0.3, -0.25) is 14.5 Å². The molecule has 2 aliphatic rings. The number of amides is 2. The van der Waals surface area contributed by atoms with Gasteiger partial charge >= 0.3 is 5.97 Å². The van der Waals surface area contributed by atoms with E-state index in [2.05, 4.69) is 10.3 Å². The molecule has 7 nitrogen and oxygen atoms in total. The van der Waals surface area contributed by atoms with E-state index in [1.165, 1.54) is 39.8 Å². The number of carboxylic acid groups (broad SMARTS) is 1. The van der Waals surface area contributed by atoms with Crippen molar-refractivity contribution in [1.29, 1.82) is 0 Å². The molecule has 1 fully saturated rings. The first-order chi connectivity index (χ1) is 14.0. The minimum Gasteiger partial charge on any atom is -0.477 e. The molecule has 150 valence electrons. The van der Waals surface area contributed by atoms with Gasteiger partial charge < -0.3 is 10.4 Å². The summed E-state index contributed by atoms with van der Waals surface area (Å²) in [6, 6.07) is 8.60. The molecule has 4 rings (SSSR count). The summed E-state index contributed by atoms with van der Waals surface area (Å²) in [5, 5.41) is 14.8. The number of aliphatic carboxylic acids is 1. The van der Waals surface area contributed by atoms with Gasteiger partial charge in [-0.2, -0.15) is 0 Å². The maximum atomic E-state index is 12.7. The number of hydrogen-bond acceptors (Lipinski definition) is 7. The van der Waals surface area contributed by atoms with Crippen LogP contribution in [0.4, 0.5) is 0 Å². The van der Waals surface area contributed by atoms with E-state index in [1.807, 2.05) is 35.7 Å². The molecule has 2 aromatic heterocycles. The van der Waals surface area contributed by atoms with Crippen LogP contribution < -0.4 is 5.32 Å². The van der Waals surface area contributed by atoms with Gasteiger partial charge in [0.2, 0.25) is 5.91 Å². The molecule has 0 spiro atoms. The lowest BCUT2D eigenvalue weighted by Gasteiger charge is -2.49. The van der Waals surface area contributed by atoms with Crippen molar-refractivity contribution in [2.75, 3.05) is 11.5 Å². The highest BCUT2D eigenvalue weighted by molar-refractivity contribution is 8.01. The fraction of sp³-hybridized carbons (Fsp3) is 0.263. The van der Waals surface area contributed by atoms with E-state index in [0.717, 1.165) is 9.90 Å². The van der Waals surface area contributed by atoms with Crippen LogP contribution >= 0.6 is 34.9 Å². The number of thioether (sulfide) groups is 2. The molecular formula is C19H17N3O4S3. The Labute approximate surface area is 179 Å². The number of rotatable bonds is 7. The second-order valence-corrected chi connectivity index (χ2v) is 9.56. The van der Waals surface area contributed by atoms with Gasteiger partial charge in [0, 0.05) is 22.6 Å². The number of carbonyl (C=O) groups excluding carboxylic acids is 2. The third kappa shape index (κ3) is 4.19. The smallest absolute Gasteiger partial charge is 0.352 e. The molecule has 0 aromatic carbocycles. The molecule has 0 radical (unpaired) electrons. The molecule has 0 saturated carbocycles. The van der Waals surface area contributed by atoms with Crippen LogP contribution in [0.5, 0.6) is 0 Å². The molecule has 4 heterocycles. The maximum absolute atomic E-state index is 12.7. The van der Waals surface area contributed by atoms with E-state index in [0.29, 0.717) is 17.1 Å². The number of nitrogens with one attached hydrogen (secondary N) is 1. The van der Waals surface area contributed by atoms with Crippen molar-refractivity contribution >= 4 is 52.6 Å². The maximum Gasteiger partial charge on any atom is 0.352 e. The normalized spacial score (nSPS) is 20.8. The van der Waals surface area contributed by atoms with Crippen molar-refractivity contribution in [3.05, 3.63) is 58.1 Å². The van der Waals surface area contributed by atoms with Crippen LogP contribution in [0.3, 0.4) is 0 Å². The summed E-state index contributed by atoms with van der Waals surface area (Å²) in [4.78, 5) is 43.2. The van der Waals surface area contributed by atoms with Crippen LogP contribution in [0, 0.1) is 0 Å². The summed E-state index contributed by atoms with van der Waals surface area (Å²) in [5.41, 5.74) is 0.719. The van der Waals surface area contributed by atoms with Crippen molar-refractivity contribution in [3.8, 4) is 0 Å². The number of aromatic nitrogens is 1. The Kier molecular flexibility index (Phi) is 5.93. The molecule has 10 heteroatoms. The Morgan fingerprint density at radius 1 is 1.31 bits per heavy atom. The summed E-state index contributed by atoms with van der Waals surface area (Å²) < 4.78 is 0. The fourth-order valence-corrected chi connectivity index (χ4v) is 6.23. The number of pyridine rings is 1. The highest BCUT2D eigenvalue weighted by atomic mass is 32.2. The van der Waals surface area contributed by atoms with E-state index in [9.17, 15) is 19.5 Å². The zero-order valence-electron chi connectivity index (χ0n) is 15.1. The summed E-state index contributed by atoms with van der Waals surface area (Å²) >= 11 is 4.40. The van der Waals surface area contributed by atoms with Crippen molar-refractivity contribution < 1.29 is 19.5 Å². The van der Waals surface area contributed by atoms with Crippen LogP contribution in [0.2, 0.25) is 0 Å². The van der Waals surface area contributed by atoms with Crippen LogP contribution in [0.15, 0.2) is 58.2 Å².